The van der Waals surface area contributed by atoms with Gasteiger partial charge in [0, 0.05) is 16.7 Å². The van der Waals surface area contributed by atoms with Gasteiger partial charge in [-0.15, -0.1) is 0 Å². The van der Waals surface area contributed by atoms with Crippen LogP contribution in [0.1, 0.15) is 11.1 Å². The summed E-state index contributed by atoms with van der Waals surface area (Å²) in [6.07, 6.45) is 0. The Morgan fingerprint density at radius 1 is 0.677 bits per heavy atom. The maximum Gasteiger partial charge on any atom is 0.203 e. The van der Waals surface area contributed by atoms with Gasteiger partial charge in [-0.3, -0.25) is 0 Å². The lowest BCUT2D eigenvalue weighted by Gasteiger charge is -2.18. The van der Waals surface area contributed by atoms with Gasteiger partial charge in [-0.05, 0) is 29.8 Å². The maximum atomic E-state index is 9.85. The van der Waals surface area contributed by atoms with E-state index in [-0.39, 0.29) is 16.8 Å². The normalized spacial score (nSPS) is 10.0. The molecule has 31 heavy (non-hydrogen) atoms. The van der Waals surface area contributed by atoms with Crippen molar-refractivity contribution in [2.75, 3.05) is 34.2 Å². The Morgan fingerprint density at radius 2 is 1.23 bits per heavy atom. The number of hydrogen-bond acceptors (Lipinski definition) is 7. The predicted octanol–water partition coefficient (Wildman–Crippen LogP) is 4.38. The molecule has 0 aliphatic rings. The molecule has 0 heterocycles. The second kappa shape index (κ2) is 8.98. The molecule has 3 aromatic rings. The summed E-state index contributed by atoms with van der Waals surface area (Å²) >= 11 is 0. The molecule has 0 aliphatic heterocycles. The number of hydrogen-bond donors (Lipinski definition) is 1. The van der Waals surface area contributed by atoms with Gasteiger partial charge in [0.15, 0.2) is 11.5 Å². The summed E-state index contributed by atoms with van der Waals surface area (Å²) in [5, 5.41) is 19.6. The molecule has 0 fully saturated rings. The fourth-order valence-corrected chi connectivity index (χ4v) is 3.49. The third-order valence-corrected chi connectivity index (χ3v) is 4.96. The van der Waals surface area contributed by atoms with Gasteiger partial charge in [0.25, 0.3) is 0 Å². The van der Waals surface area contributed by atoms with Gasteiger partial charge < -0.3 is 24.7 Å². The summed E-state index contributed by atoms with van der Waals surface area (Å²) in [7, 11) is 6.09. The molecule has 0 saturated heterocycles. The molecular formula is C24H21N3O4. The molecule has 156 valence electrons. The van der Waals surface area contributed by atoms with Gasteiger partial charge in [-0.2, -0.15) is 10.5 Å². The lowest BCUT2D eigenvalue weighted by molar-refractivity contribution is 0.324. The lowest BCUT2D eigenvalue weighted by Crippen LogP contribution is -2.02. The van der Waals surface area contributed by atoms with Crippen LogP contribution in [0, 0.1) is 22.7 Å². The van der Waals surface area contributed by atoms with Crippen LogP contribution < -0.4 is 24.7 Å². The summed E-state index contributed by atoms with van der Waals surface area (Å²) in [5.41, 5.74) is 9.17. The van der Waals surface area contributed by atoms with Crippen molar-refractivity contribution in [3.05, 3.63) is 53.6 Å². The first kappa shape index (κ1) is 21.4. The number of para-hydroxylation sites is 1. The van der Waals surface area contributed by atoms with E-state index < -0.39 is 0 Å². The van der Waals surface area contributed by atoms with E-state index in [0.717, 1.165) is 0 Å². The van der Waals surface area contributed by atoms with Gasteiger partial charge in [-0.1, -0.05) is 18.2 Å². The third kappa shape index (κ3) is 3.65. The molecular weight excluding hydrogens is 394 g/mol. The molecule has 0 aliphatic carbocycles. The maximum absolute atomic E-state index is 9.85. The average Bonchev–Trinajstić information content (AvgIpc) is 2.82. The monoisotopic (exact) mass is 415 g/mol. The summed E-state index contributed by atoms with van der Waals surface area (Å²) in [6, 6.07) is 16.8. The standard InChI is InChI=1S/C24H21N3O4/c1-28-20-8-6-5-7-15(20)17-11-16(18(12-25)23(27)19(17)13-26)14-9-21(29-2)24(31-4)22(10-14)30-3/h5-11H,27H2,1-4H3. The number of rotatable bonds is 6. The van der Waals surface area contributed by atoms with Crippen LogP contribution in [0.2, 0.25) is 0 Å². The zero-order valence-electron chi connectivity index (χ0n) is 17.6. The van der Waals surface area contributed by atoms with E-state index in [2.05, 4.69) is 12.1 Å². The number of nitrogens with zero attached hydrogens (tertiary/aromatic N) is 2. The molecule has 7 heteroatoms. The summed E-state index contributed by atoms with van der Waals surface area (Å²) in [4.78, 5) is 0. The molecule has 0 spiro atoms. The molecule has 0 bridgehead atoms. The van der Waals surface area contributed by atoms with Crippen LogP contribution in [0.25, 0.3) is 22.3 Å². The van der Waals surface area contributed by atoms with Crippen molar-refractivity contribution in [2.24, 2.45) is 0 Å². The Balaban J connectivity index is 2.41. The van der Waals surface area contributed by atoms with E-state index in [1.807, 2.05) is 18.2 Å². The van der Waals surface area contributed by atoms with Gasteiger partial charge in [0.2, 0.25) is 5.75 Å². The minimum atomic E-state index is 0.0946. The number of anilines is 1. The second-order valence-electron chi connectivity index (χ2n) is 6.47. The van der Waals surface area contributed by atoms with Crippen molar-refractivity contribution in [3.63, 3.8) is 0 Å². The molecule has 0 saturated carbocycles. The first-order valence-corrected chi connectivity index (χ1v) is 9.24. The third-order valence-electron chi connectivity index (χ3n) is 4.96. The SMILES string of the molecule is COc1ccccc1-c1cc(-c2cc(OC)c(OC)c(OC)c2)c(C#N)c(N)c1C#N. The molecule has 0 aromatic heterocycles. The summed E-state index contributed by atoms with van der Waals surface area (Å²) in [6.45, 7) is 0. The Morgan fingerprint density at radius 3 is 1.74 bits per heavy atom. The number of methoxy groups -OCH3 is 4. The van der Waals surface area contributed by atoms with Crippen molar-refractivity contribution in [3.8, 4) is 57.4 Å². The number of nitriles is 2. The number of benzene rings is 3. The summed E-state index contributed by atoms with van der Waals surface area (Å²) in [5.74, 6) is 1.88. The highest BCUT2D eigenvalue weighted by Gasteiger charge is 2.22. The Hall–Kier alpha value is -4.36. The Bertz CT molecular complexity index is 1200. The summed E-state index contributed by atoms with van der Waals surface area (Å²) < 4.78 is 21.8. The number of nitrogens with two attached hydrogens (primary N) is 1. The highest BCUT2D eigenvalue weighted by Crippen LogP contribution is 2.45. The zero-order chi connectivity index (χ0) is 22.5. The molecule has 7 nitrogen and oxygen atoms in total. The smallest absolute Gasteiger partial charge is 0.203 e. The van der Waals surface area contributed by atoms with Gasteiger partial charge in [0.05, 0.1) is 45.3 Å². The first-order chi connectivity index (χ1) is 15.0. The van der Waals surface area contributed by atoms with Crippen molar-refractivity contribution in [1.82, 2.24) is 0 Å². The minimum absolute atomic E-state index is 0.0946. The van der Waals surface area contributed by atoms with E-state index >= 15 is 0 Å². The number of ether oxygens (including phenoxy) is 4. The zero-order valence-corrected chi connectivity index (χ0v) is 17.6. The first-order valence-electron chi connectivity index (χ1n) is 9.24. The number of nitrogen functional groups attached to an aromatic ring is 1. The Labute approximate surface area is 180 Å². The van der Waals surface area contributed by atoms with Crippen LogP contribution in [-0.2, 0) is 0 Å². The van der Waals surface area contributed by atoms with E-state index in [4.69, 9.17) is 24.7 Å². The van der Waals surface area contributed by atoms with E-state index in [1.165, 1.54) is 21.3 Å². The largest absolute Gasteiger partial charge is 0.496 e. The highest BCUT2D eigenvalue weighted by molar-refractivity contribution is 5.91. The second-order valence-corrected chi connectivity index (χ2v) is 6.47. The van der Waals surface area contributed by atoms with Crippen molar-refractivity contribution >= 4 is 5.69 Å². The molecule has 0 atom stereocenters. The predicted molar refractivity (Wildman–Crippen MR) is 117 cm³/mol. The fourth-order valence-electron chi connectivity index (χ4n) is 3.49. The Kier molecular flexibility index (Phi) is 6.18. The van der Waals surface area contributed by atoms with Crippen LogP contribution >= 0.6 is 0 Å². The van der Waals surface area contributed by atoms with Crippen LogP contribution in [0.3, 0.4) is 0 Å². The molecule has 3 aromatic carbocycles. The van der Waals surface area contributed by atoms with Gasteiger partial charge in [0.1, 0.15) is 17.9 Å². The van der Waals surface area contributed by atoms with E-state index in [9.17, 15) is 10.5 Å². The van der Waals surface area contributed by atoms with Crippen molar-refractivity contribution in [2.45, 2.75) is 0 Å². The molecule has 3 rings (SSSR count). The van der Waals surface area contributed by atoms with Crippen molar-refractivity contribution < 1.29 is 18.9 Å². The fraction of sp³-hybridized carbons (Fsp3) is 0.167. The minimum Gasteiger partial charge on any atom is -0.496 e. The van der Waals surface area contributed by atoms with Crippen LogP contribution in [0.4, 0.5) is 5.69 Å². The lowest BCUT2D eigenvalue weighted by atomic mass is 9.89. The van der Waals surface area contributed by atoms with Crippen LogP contribution in [0.5, 0.6) is 23.0 Å². The highest BCUT2D eigenvalue weighted by atomic mass is 16.5. The van der Waals surface area contributed by atoms with Gasteiger partial charge >= 0.3 is 0 Å². The average molecular weight is 415 g/mol. The molecule has 0 radical (unpaired) electrons. The van der Waals surface area contributed by atoms with Crippen molar-refractivity contribution in [1.29, 1.82) is 10.5 Å². The van der Waals surface area contributed by atoms with Crippen LogP contribution in [0.15, 0.2) is 42.5 Å². The molecule has 0 unspecified atom stereocenters. The molecule has 2 N–H and O–H groups in total. The quantitative estimate of drug-likeness (QED) is 0.595. The van der Waals surface area contributed by atoms with Crippen LogP contribution in [-0.4, -0.2) is 28.4 Å². The molecule has 0 amide bonds. The van der Waals surface area contributed by atoms with Gasteiger partial charge in [-0.25, -0.2) is 0 Å². The topological polar surface area (TPSA) is 111 Å². The van der Waals surface area contributed by atoms with E-state index in [0.29, 0.717) is 45.3 Å². The van der Waals surface area contributed by atoms with E-state index in [1.54, 1.807) is 31.4 Å².